The number of amides is 3. The van der Waals surface area contributed by atoms with Gasteiger partial charge in [0.1, 0.15) is 18.2 Å². The van der Waals surface area contributed by atoms with E-state index in [2.05, 4.69) is 18.5 Å². The second-order valence-corrected chi connectivity index (χ2v) is 12.3. The quantitative estimate of drug-likeness (QED) is 0.229. The Bertz CT molecular complexity index is 1430. The zero-order valence-electron chi connectivity index (χ0n) is 26.3. The van der Waals surface area contributed by atoms with E-state index in [0.29, 0.717) is 25.8 Å². The van der Waals surface area contributed by atoms with E-state index in [-0.39, 0.29) is 38.0 Å². The van der Waals surface area contributed by atoms with Gasteiger partial charge < -0.3 is 29.7 Å². The van der Waals surface area contributed by atoms with Gasteiger partial charge in [0.15, 0.2) is 0 Å². The van der Waals surface area contributed by atoms with Gasteiger partial charge in [0, 0.05) is 19.5 Å². The molecule has 3 heterocycles. The van der Waals surface area contributed by atoms with Crippen LogP contribution in [0.3, 0.4) is 0 Å². The largest absolute Gasteiger partial charge is 0.463 e. The van der Waals surface area contributed by atoms with Crippen LogP contribution in [0.15, 0.2) is 86.0 Å². The van der Waals surface area contributed by atoms with Crippen LogP contribution in [0.4, 0.5) is 0 Å². The first-order valence-electron chi connectivity index (χ1n) is 15.9. The van der Waals surface area contributed by atoms with E-state index in [1.165, 1.54) is 4.90 Å². The van der Waals surface area contributed by atoms with Gasteiger partial charge in [0.05, 0.1) is 36.6 Å². The molecule has 3 aliphatic heterocycles. The van der Waals surface area contributed by atoms with Gasteiger partial charge in [-0.25, -0.2) is 0 Å². The second kappa shape index (κ2) is 14.4. The van der Waals surface area contributed by atoms with Crippen LogP contribution in [0.1, 0.15) is 49.8 Å². The summed E-state index contributed by atoms with van der Waals surface area (Å²) in [5.74, 6) is -3.28. The highest BCUT2D eigenvalue weighted by Crippen LogP contribution is 2.59. The van der Waals surface area contributed by atoms with Crippen LogP contribution in [-0.2, 0) is 35.2 Å². The molecule has 3 aliphatic rings. The number of esters is 1. The maximum absolute atomic E-state index is 14.5. The fraction of sp³-hybridized carbons (Fsp3) is 0.444. The second-order valence-electron chi connectivity index (χ2n) is 12.3. The molecule has 1 spiro atoms. The van der Waals surface area contributed by atoms with Gasteiger partial charge in [-0.3, -0.25) is 19.2 Å². The van der Waals surface area contributed by atoms with E-state index in [1.54, 1.807) is 24.0 Å². The number of ether oxygens (including phenoxy) is 2. The third-order valence-electron chi connectivity index (χ3n) is 9.37. The van der Waals surface area contributed by atoms with Gasteiger partial charge in [0.2, 0.25) is 17.7 Å². The molecule has 0 unspecified atom stereocenters. The van der Waals surface area contributed by atoms with Crippen LogP contribution in [0.25, 0.3) is 0 Å². The molecule has 2 aromatic rings. The number of likely N-dealkylation sites (tertiary alicyclic amines) is 1. The molecular formula is C36H43N3O7. The molecule has 46 heavy (non-hydrogen) atoms. The molecule has 10 heteroatoms. The summed E-state index contributed by atoms with van der Waals surface area (Å²) in [6.45, 7) is 9.28. The van der Waals surface area contributed by atoms with E-state index in [1.807, 2.05) is 60.7 Å². The molecule has 2 aromatic carbocycles. The highest BCUT2D eigenvalue weighted by Gasteiger charge is 2.75. The average Bonchev–Trinajstić information content (AvgIpc) is 3.73. The number of rotatable bonds is 15. The lowest BCUT2D eigenvalue weighted by molar-refractivity contribution is -0.151. The fourth-order valence-corrected chi connectivity index (χ4v) is 7.24. The first kappa shape index (κ1) is 33.1. The first-order chi connectivity index (χ1) is 22.2. The maximum atomic E-state index is 14.5. The van der Waals surface area contributed by atoms with Crippen molar-refractivity contribution >= 4 is 23.7 Å². The molecule has 2 bridgehead atoms. The lowest BCUT2D eigenvalue weighted by Gasteiger charge is -2.38. The van der Waals surface area contributed by atoms with Gasteiger partial charge in [-0.15, -0.1) is 13.2 Å². The number of hydrogen-bond acceptors (Lipinski definition) is 7. The Morgan fingerprint density at radius 3 is 2.48 bits per heavy atom. The summed E-state index contributed by atoms with van der Waals surface area (Å²) >= 11 is 0. The van der Waals surface area contributed by atoms with Gasteiger partial charge in [-0.05, 0) is 37.3 Å². The Morgan fingerprint density at radius 1 is 1.13 bits per heavy atom. The van der Waals surface area contributed by atoms with Gasteiger partial charge in [-0.1, -0.05) is 72.8 Å². The Kier molecular flexibility index (Phi) is 10.4. The minimum Gasteiger partial charge on any atom is -0.463 e. The van der Waals surface area contributed by atoms with Crippen molar-refractivity contribution < 1.29 is 33.8 Å². The van der Waals surface area contributed by atoms with Crippen LogP contribution in [-0.4, -0.2) is 82.1 Å². The summed E-state index contributed by atoms with van der Waals surface area (Å²) < 4.78 is 12.1. The molecular weight excluding hydrogens is 586 g/mol. The number of carbonyl (C=O) groups excluding carboxylic acids is 4. The van der Waals surface area contributed by atoms with Crippen molar-refractivity contribution in [1.82, 2.24) is 15.1 Å². The fourth-order valence-electron chi connectivity index (χ4n) is 7.24. The van der Waals surface area contributed by atoms with Crippen molar-refractivity contribution in [3.05, 3.63) is 97.1 Å². The molecule has 3 fully saturated rings. The van der Waals surface area contributed by atoms with Crippen molar-refractivity contribution in [3.63, 3.8) is 0 Å². The molecule has 2 N–H and O–H groups in total. The third-order valence-corrected chi connectivity index (χ3v) is 9.37. The van der Waals surface area contributed by atoms with Crippen LogP contribution in [0.5, 0.6) is 0 Å². The number of fused-ring (bicyclic) bond motifs is 1. The molecule has 0 saturated carbocycles. The highest BCUT2D eigenvalue weighted by molar-refractivity contribution is 5.99. The van der Waals surface area contributed by atoms with Gasteiger partial charge >= 0.3 is 5.97 Å². The van der Waals surface area contributed by atoms with Crippen LogP contribution < -0.4 is 5.32 Å². The molecule has 3 amide bonds. The van der Waals surface area contributed by atoms with Crippen LogP contribution >= 0.6 is 0 Å². The first-order valence-corrected chi connectivity index (χ1v) is 15.9. The number of benzene rings is 2. The number of aliphatic hydroxyl groups excluding tert-OH is 1. The monoisotopic (exact) mass is 629 g/mol. The van der Waals surface area contributed by atoms with E-state index in [9.17, 15) is 24.3 Å². The molecule has 5 rings (SSSR count). The molecule has 244 valence electrons. The predicted molar refractivity (Wildman–Crippen MR) is 171 cm³/mol. The zero-order valence-corrected chi connectivity index (χ0v) is 26.3. The minimum atomic E-state index is -1.22. The summed E-state index contributed by atoms with van der Waals surface area (Å²) in [6, 6.07) is 16.4. The molecule has 3 saturated heterocycles. The Morgan fingerprint density at radius 2 is 1.83 bits per heavy atom. The van der Waals surface area contributed by atoms with Crippen molar-refractivity contribution in [2.24, 2.45) is 11.8 Å². The van der Waals surface area contributed by atoms with E-state index in [0.717, 1.165) is 11.1 Å². The van der Waals surface area contributed by atoms with Crippen LogP contribution in [0.2, 0.25) is 0 Å². The molecule has 0 aromatic heterocycles. The summed E-state index contributed by atoms with van der Waals surface area (Å²) in [5.41, 5.74) is 0.442. The highest BCUT2D eigenvalue weighted by atomic mass is 16.5. The number of allylic oxidation sites excluding steroid dienone is 1. The van der Waals surface area contributed by atoms with Gasteiger partial charge in [0.25, 0.3) is 0 Å². The van der Waals surface area contributed by atoms with Crippen molar-refractivity contribution in [2.75, 3.05) is 19.8 Å². The number of aliphatic hydroxyl groups is 1. The Balaban J connectivity index is 1.43. The molecule has 0 aliphatic carbocycles. The predicted octanol–water partition coefficient (Wildman–Crippen LogP) is 3.32. The summed E-state index contributed by atoms with van der Waals surface area (Å²) in [7, 11) is 0. The normalized spacial score (nSPS) is 25.8. The van der Waals surface area contributed by atoms with E-state index < -0.39 is 53.5 Å². The van der Waals surface area contributed by atoms with Crippen molar-refractivity contribution in [1.29, 1.82) is 0 Å². The third kappa shape index (κ3) is 6.37. The maximum Gasteiger partial charge on any atom is 0.306 e. The Labute approximate surface area is 270 Å². The smallest absolute Gasteiger partial charge is 0.306 e. The zero-order chi connectivity index (χ0) is 32.8. The Hall–Kier alpha value is -4.28. The number of nitrogens with zero attached hydrogens (tertiary/aromatic N) is 2. The summed E-state index contributed by atoms with van der Waals surface area (Å²) in [6.07, 6.45) is 4.30. The topological polar surface area (TPSA) is 125 Å². The van der Waals surface area contributed by atoms with Crippen LogP contribution in [0, 0.1) is 11.8 Å². The summed E-state index contributed by atoms with van der Waals surface area (Å²) in [5, 5.41) is 13.2. The van der Waals surface area contributed by atoms with Gasteiger partial charge in [-0.2, -0.15) is 0 Å². The summed E-state index contributed by atoms with van der Waals surface area (Å²) in [4.78, 5) is 58.3. The minimum absolute atomic E-state index is 0.0848. The number of nitrogens with one attached hydrogen (secondary N) is 1. The van der Waals surface area contributed by atoms with E-state index >= 15 is 0 Å². The lowest BCUT2D eigenvalue weighted by Crippen LogP contribution is -2.58. The average molecular weight is 630 g/mol. The lowest BCUT2D eigenvalue weighted by atomic mass is 9.70. The number of hydrogen-bond donors (Lipinski definition) is 2. The van der Waals surface area contributed by atoms with Crippen molar-refractivity contribution in [3.8, 4) is 0 Å². The van der Waals surface area contributed by atoms with E-state index in [4.69, 9.17) is 9.47 Å². The standard InChI is InChI=1S/C36H43N3O7/c1-4-6-17-29(41)45-23-27(26-15-11-8-12-16-26)37-33(42)30-28-18-19-36(46-28)31(30)34(43)39(24(3)22-40)32(36)35(44)38(20-5-2)21-25-13-9-7-10-14-25/h4-5,7-16,24,27-28,30-32,40H,1-2,6,17-23H2,3H3,(H,37,42)/t24-,27+,28-,30+,31+,32-,36+/m1/s1. The number of carbonyl (C=O) groups is 4. The van der Waals surface area contributed by atoms with Crippen molar-refractivity contribution in [2.45, 2.75) is 69.0 Å². The molecule has 7 atom stereocenters. The molecule has 10 nitrogen and oxygen atoms in total. The molecule has 0 radical (unpaired) electrons. The SMILES string of the molecule is C=CCCC(=O)OC[C@H](NC(=O)[C@@H]1[C@H]2C(=O)N([C@H](C)CO)[C@H](C(=O)N(CC=C)Cc3ccccc3)[C@]23CC[C@H]1O3)c1ccccc1.